The number of aliphatic imine (C=N–C) groups is 1. The quantitative estimate of drug-likeness (QED) is 0.773. The number of halogens is 1. The largest absolute Gasteiger partial charge is 0.353 e. The van der Waals surface area contributed by atoms with Crippen molar-refractivity contribution >= 4 is 35.8 Å². The van der Waals surface area contributed by atoms with Crippen molar-refractivity contribution in [2.45, 2.75) is 6.92 Å². The standard InChI is InChI=1S/C22H22FN7O/c1-2-4-16-12-19(25-13-16)27-21-26-18(8-7-15-5-3-6-17(23)11-15)28-22(29-21)30-10-9-24-20(31)14-30/h2-8,11-12H,9-10,13-14H2,1H3,(H,24,31)(H,25,26,27,28,29)/b4-2+,8-7+. The summed E-state index contributed by atoms with van der Waals surface area (Å²) < 4.78 is 13.5. The van der Waals surface area contributed by atoms with E-state index >= 15 is 0 Å². The molecule has 1 amide bonds. The van der Waals surface area contributed by atoms with E-state index in [1.54, 1.807) is 29.2 Å². The van der Waals surface area contributed by atoms with E-state index in [0.717, 1.165) is 5.57 Å². The van der Waals surface area contributed by atoms with Gasteiger partial charge in [-0.15, -0.1) is 0 Å². The van der Waals surface area contributed by atoms with Crippen molar-refractivity contribution in [1.82, 2.24) is 20.3 Å². The molecule has 1 saturated heterocycles. The zero-order valence-corrected chi connectivity index (χ0v) is 17.0. The third-order valence-corrected chi connectivity index (χ3v) is 4.61. The molecule has 9 heteroatoms. The van der Waals surface area contributed by atoms with Gasteiger partial charge in [0, 0.05) is 13.1 Å². The van der Waals surface area contributed by atoms with Gasteiger partial charge in [0.1, 0.15) is 11.7 Å². The van der Waals surface area contributed by atoms with Crippen LogP contribution in [0.4, 0.5) is 16.3 Å². The van der Waals surface area contributed by atoms with Gasteiger partial charge in [0.05, 0.1) is 13.1 Å². The molecule has 1 aromatic heterocycles. The topological polar surface area (TPSA) is 95.4 Å². The molecular weight excluding hydrogens is 397 g/mol. The van der Waals surface area contributed by atoms with Crippen LogP contribution in [-0.2, 0) is 4.79 Å². The summed E-state index contributed by atoms with van der Waals surface area (Å²) in [5.74, 6) is 1.36. The fourth-order valence-corrected chi connectivity index (χ4v) is 3.19. The van der Waals surface area contributed by atoms with Crippen LogP contribution in [0, 0.1) is 5.82 Å². The molecule has 8 nitrogen and oxygen atoms in total. The molecule has 2 aliphatic heterocycles. The van der Waals surface area contributed by atoms with E-state index in [4.69, 9.17) is 0 Å². The average Bonchev–Trinajstić information content (AvgIpc) is 3.19. The Morgan fingerprint density at radius 2 is 2.10 bits per heavy atom. The van der Waals surface area contributed by atoms with Crippen LogP contribution >= 0.6 is 0 Å². The molecule has 0 spiro atoms. The molecule has 158 valence electrons. The summed E-state index contributed by atoms with van der Waals surface area (Å²) in [7, 11) is 0. The summed E-state index contributed by atoms with van der Waals surface area (Å²) in [5.41, 5.74) is 1.77. The number of amidine groups is 1. The number of nitrogens with one attached hydrogen (secondary N) is 2. The number of hydrogen-bond donors (Lipinski definition) is 2. The normalized spacial score (nSPS) is 16.6. The molecule has 0 atom stereocenters. The molecule has 0 aliphatic carbocycles. The molecule has 1 fully saturated rings. The van der Waals surface area contributed by atoms with Crippen LogP contribution in [0.5, 0.6) is 0 Å². The molecule has 0 bridgehead atoms. The van der Waals surface area contributed by atoms with Gasteiger partial charge in [0.2, 0.25) is 17.8 Å². The maximum atomic E-state index is 13.5. The minimum absolute atomic E-state index is 0.0860. The second-order valence-corrected chi connectivity index (χ2v) is 7.02. The van der Waals surface area contributed by atoms with Crippen LogP contribution in [0.15, 0.2) is 53.1 Å². The highest BCUT2D eigenvalue weighted by molar-refractivity contribution is 6.05. The summed E-state index contributed by atoms with van der Waals surface area (Å²) in [6.07, 6.45) is 9.30. The Labute approximate surface area is 179 Å². The first-order valence-electron chi connectivity index (χ1n) is 9.95. The van der Waals surface area contributed by atoms with E-state index in [9.17, 15) is 9.18 Å². The summed E-state index contributed by atoms with van der Waals surface area (Å²) >= 11 is 0. The Hall–Kier alpha value is -3.88. The van der Waals surface area contributed by atoms with Gasteiger partial charge in [-0.05, 0) is 42.3 Å². The third-order valence-electron chi connectivity index (χ3n) is 4.61. The summed E-state index contributed by atoms with van der Waals surface area (Å²) in [5, 5.41) is 5.91. The lowest BCUT2D eigenvalue weighted by molar-refractivity contribution is -0.120. The van der Waals surface area contributed by atoms with Crippen LogP contribution in [0.3, 0.4) is 0 Å². The Morgan fingerprint density at radius 3 is 2.90 bits per heavy atom. The van der Waals surface area contributed by atoms with Gasteiger partial charge in [-0.25, -0.2) is 4.39 Å². The number of hydrogen-bond acceptors (Lipinski definition) is 7. The van der Waals surface area contributed by atoms with Gasteiger partial charge in [-0.2, -0.15) is 15.0 Å². The second-order valence-electron chi connectivity index (χ2n) is 7.02. The second kappa shape index (κ2) is 9.29. The van der Waals surface area contributed by atoms with Gasteiger partial charge in [0.15, 0.2) is 5.82 Å². The number of carbonyl (C=O) groups excluding carboxylic acids is 1. The number of benzene rings is 1. The first-order valence-corrected chi connectivity index (χ1v) is 9.95. The molecule has 0 radical (unpaired) electrons. The molecule has 1 aromatic carbocycles. The van der Waals surface area contributed by atoms with Crippen molar-refractivity contribution in [3.05, 3.63) is 65.3 Å². The molecule has 3 heterocycles. The highest BCUT2D eigenvalue weighted by atomic mass is 19.1. The molecule has 2 aromatic rings. The monoisotopic (exact) mass is 419 g/mol. The predicted molar refractivity (Wildman–Crippen MR) is 119 cm³/mol. The maximum absolute atomic E-state index is 13.5. The highest BCUT2D eigenvalue weighted by Gasteiger charge is 2.20. The Morgan fingerprint density at radius 1 is 1.19 bits per heavy atom. The van der Waals surface area contributed by atoms with Crippen molar-refractivity contribution in [1.29, 1.82) is 0 Å². The summed E-state index contributed by atoms with van der Waals surface area (Å²) in [6.45, 7) is 3.82. The van der Waals surface area contributed by atoms with E-state index in [0.29, 0.717) is 48.8 Å². The van der Waals surface area contributed by atoms with Crippen LogP contribution < -0.4 is 15.5 Å². The van der Waals surface area contributed by atoms with E-state index in [-0.39, 0.29) is 18.3 Å². The molecule has 4 rings (SSSR count). The first-order chi connectivity index (χ1) is 15.1. The highest BCUT2D eigenvalue weighted by Crippen LogP contribution is 2.16. The lowest BCUT2D eigenvalue weighted by Gasteiger charge is -2.26. The number of carbonyl (C=O) groups is 1. The molecule has 2 aliphatic rings. The smallest absolute Gasteiger partial charge is 0.239 e. The lowest BCUT2D eigenvalue weighted by atomic mass is 10.2. The fraction of sp³-hybridized carbons (Fsp3) is 0.227. The fourth-order valence-electron chi connectivity index (χ4n) is 3.19. The first kappa shape index (κ1) is 20.4. The maximum Gasteiger partial charge on any atom is 0.239 e. The van der Waals surface area contributed by atoms with Gasteiger partial charge in [0.25, 0.3) is 0 Å². The van der Waals surface area contributed by atoms with Crippen LogP contribution in [0.25, 0.3) is 12.2 Å². The Kier molecular flexibility index (Phi) is 6.11. The summed E-state index contributed by atoms with van der Waals surface area (Å²) in [4.78, 5) is 31.5. The minimum Gasteiger partial charge on any atom is -0.353 e. The third kappa shape index (κ3) is 5.39. The van der Waals surface area contributed by atoms with Crippen LogP contribution in [0.2, 0.25) is 0 Å². The molecule has 31 heavy (non-hydrogen) atoms. The molecule has 0 unspecified atom stereocenters. The Balaban J connectivity index is 1.63. The van der Waals surface area contributed by atoms with Gasteiger partial charge in [-0.1, -0.05) is 30.4 Å². The van der Waals surface area contributed by atoms with Gasteiger partial charge in [-0.3, -0.25) is 9.79 Å². The van der Waals surface area contributed by atoms with E-state index in [1.807, 2.05) is 25.2 Å². The number of allylic oxidation sites excluding steroid dienone is 1. The van der Waals surface area contributed by atoms with Crippen molar-refractivity contribution < 1.29 is 9.18 Å². The van der Waals surface area contributed by atoms with Crippen molar-refractivity contribution in [2.24, 2.45) is 4.99 Å². The van der Waals surface area contributed by atoms with Crippen LogP contribution in [-0.4, -0.2) is 52.9 Å². The number of anilines is 2. The number of rotatable bonds is 5. The molecular formula is C22H22FN7O. The molecule has 2 N–H and O–H groups in total. The average molecular weight is 419 g/mol. The van der Waals surface area contributed by atoms with Crippen molar-refractivity contribution in [2.75, 3.05) is 36.4 Å². The number of nitrogens with zero attached hydrogens (tertiary/aromatic N) is 5. The molecule has 0 saturated carbocycles. The minimum atomic E-state index is -0.317. The summed E-state index contributed by atoms with van der Waals surface area (Å²) in [6, 6.07) is 6.24. The van der Waals surface area contributed by atoms with E-state index in [2.05, 4.69) is 30.6 Å². The van der Waals surface area contributed by atoms with Crippen molar-refractivity contribution in [3.8, 4) is 0 Å². The number of amides is 1. The van der Waals surface area contributed by atoms with Crippen molar-refractivity contribution in [3.63, 3.8) is 0 Å². The zero-order valence-electron chi connectivity index (χ0n) is 17.0. The lowest BCUT2D eigenvalue weighted by Crippen LogP contribution is -2.48. The predicted octanol–water partition coefficient (Wildman–Crippen LogP) is 2.44. The zero-order chi connectivity index (χ0) is 21.6. The van der Waals surface area contributed by atoms with Crippen LogP contribution in [0.1, 0.15) is 18.3 Å². The van der Waals surface area contributed by atoms with E-state index in [1.165, 1.54) is 12.1 Å². The number of aromatic nitrogens is 3. The number of piperazine rings is 1. The van der Waals surface area contributed by atoms with E-state index < -0.39 is 0 Å². The van der Waals surface area contributed by atoms with Gasteiger partial charge < -0.3 is 15.5 Å². The van der Waals surface area contributed by atoms with Gasteiger partial charge >= 0.3 is 0 Å². The Bertz CT molecular complexity index is 1110. The SMILES string of the molecule is C/C=C/C1=CC(Nc2nc(/C=C/c3cccc(F)c3)nc(N3CCNC(=O)C3)n2)=NC1.